The molecule has 2 amide bonds. The molecule has 0 heterocycles. The second kappa shape index (κ2) is 7.46. The van der Waals surface area contributed by atoms with Crippen LogP contribution in [0.15, 0.2) is 18.2 Å². The highest BCUT2D eigenvalue weighted by Gasteiger charge is 2.31. The van der Waals surface area contributed by atoms with Crippen molar-refractivity contribution >= 4 is 23.2 Å². The Balaban J connectivity index is 2.20. The predicted octanol–water partition coefficient (Wildman–Crippen LogP) is 3.64. The standard InChI is InChI=1S/C20H31N3O2/c1-14(24)23(17-8-9-17)13-15-11-16(7-10-18(15)22(5)6)21-19(25)12-20(2,3)4/h7,10-11,17H,8-9,12-13H2,1-6H3,(H,21,25). The quantitative estimate of drug-likeness (QED) is 0.856. The number of nitrogens with zero attached hydrogens (tertiary/aromatic N) is 2. The summed E-state index contributed by atoms with van der Waals surface area (Å²) in [7, 11) is 3.98. The van der Waals surface area contributed by atoms with E-state index in [4.69, 9.17) is 0 Å². The number of anilines is 2. The lowest BCUT2D eigenvalue weighted by atomic mass is 9.92. The molecule has 1 N–H and O–H groups in total. The molecule has 1 saturated carbocycles. The van der Waals surface area contributed by atoms with Gasteiger partial charge in [-0.15, -0.1) is 0 Å². The lowest BCUT2D eigenvalue weighted by Gasteiger charge is -2.25. The van der Waals surface area contributed by atoms with E-state index in [9.17, 15) is 9.59 Å². The van der Waals surface area contributed by atoms with Gasteiger partial charge in [0.05, 0.1) is 0 Å². The van der Waals surface area contributed by atoms with Crippen LogP contribution in [0, 0.1) is 5.41 Å². The van der Waals surface area contributed by atoms with Crippen LogP contribution in [-0.4, -0.2) is 36.9 Å². The molecule has 5 nitrogen and oxygen atoms in total. The number of rotatable bonds is 6. The van der Waals surface area contributed by atoms with E-state index in [1.54, 1.807) is 6.92 Å². The van der Waals surface area contributed by atoms with Gasteiger partial charge in [-0.25, -0.2) is 0 Å². The summed E-state index contributed by atoms with van der Waals surface area (Å²) in [6, 6.07) is 6.29. The SMILES string of the molecule is CC(=O)N(Cc1cc(NC(=O)CC(C)(C)C)ccc1N(C)C)C1CC1. The molecule has 0 aromatic heterocycles. The van der Waals surface area contributed by atoms with Crippen LogP contribution >= 0.6 is 0 Å². The van der Waals surface area contributed by atoms with Crippen LogP contribution in [0.3, 0.4) is 0 Å². The zero-order chi connectivity index (χ0) is 18.8. The molecule has 5 heteroatoms. The van der Waals surface area contributed by atoms with Crippen molar-refractivity contribution in [2.45, 2.75) is 59.5 Å². The monoisotopic (exact) mass is 345 g/mol. The fraction of sp³-hybridized carbons (Fsp3) is 0.600. The van der Waals surface area contributed by atoms with E-state index in [1.807, 2.05) is 62.9 Å². The molecular formula is C20H31N3O2. The van der Waals surface area contributed by atoms with E-state index in [1.165, 1.54) is 0 Å². The number of hydrogen-bond acceptors (Lipinski definition) is 3. The molecule has 0 aliphatic heterocycles. The summed E-state index contributed by atoms with van der Waals surface area (Å²) < 4.78 is 0. The summed E-state index contributed by atoms with van der Waals surface area (Å²) in [6.07, 6.45) is 2.64. The predicted molar refractivity (Wildman–Crippen MR) is 103 cm³/mol. The minimum atomic E-state index is -0.0477. The van der Waals surface area contributed by atoms with Crippen LogP contribution in [0.5, 0.6) is 0 Å². The third kappa shape index (κ3) is 5.76. The van der Waals surface area contributed by atoms with Crippen LogP contribution in [-0.2, 0) is 16.1 Å². The maximum Gasteiger partial charge on any atom is 0.224 e. The Morgan fingerprint density at radius 2 is 1.84 bits per heavy atom. The van der Waals surface area contributed by atoms with Crippen molar-refractivity contribution in [3.8, 4) is 0 Å². The minimum absolute atomic E-state index is 0.0154. The van der Waals surface area contributed by atoms with Crippen molar-refractivity contribution in [1.29, 1.82) is 0 Å². The van der Waals surface area contributed by atoms with E-state index < -0.39 is 0 Å². The first-order valence-corrected chi connectivity index (χ1v) is 8.94. The number of carbonyl (C=O) groups excluding carboxylic acids is 2. The Morgan fingerprint density at radius 3 is 2.32 bits per heavy atom. The molecule has 0 atom stereocenters. The summed E-state index contributed by atoms with van der Waals surface area (Å²) in [5.41, 5.74) is 2.86. The molecule has 0 spiro atoms. The maximum absolute atomic E-state index is 12.2. The summed E-state index contributed by atoms with van der Waals surface area (Å²) in [5, 5.41) is 2.99. The van der Waals surface area contributed by atoms with Crippen molar-refractivity contribution in [2.75, 3.05) is 24.3 Å². The van der Waals surface area contributed by atoms with Gasteiger partial charge in [0.1, 0.15) is 0 Å². The van der Waals surface area contributed by atoms with Crippen molar-refractivity contribution in [3.63, 3.8) is 0 Å². The molecule has 0 unspecified atom stereocenters. The Morgan fingerprint density at radius 1 is 1.20 bits per heavy atom. The zero-order valence-electron chi connectivity index (χ0n) is 16.3. The van der Waals surface area contributed by atoms with Crippen LogP contribution in [0.25, 0.3) is 0 Å². The van der Waals surface area contributed by atoms with Gasteiger partial charge in [-0.05, 0) is 42.0 Å². The second-order valence-corrected chi connectivity index (χ2v) is 8.40. The lowest BCUT2D eigenvalue weighted by Crippen LogP contribution is -2.31. The average Bonchev–Trinajstić information content (AvgIpc) is 3.26. The summed E-state index contributed by atoms with van der Waals surface area (Å²) >= 11 is 0. The van der Waals surface area contributed by atoms with Crippen molar-refractivity contribution in [1.82, 2.24) is 4.90 Å². The summed E-state index contributed by atoms with van der Waals surface area (Å²) in [6.45, 7) is 8.35. The van der Waals surface area contributed by atoms with Crippen LogP contribution < -0.4 is 10.2 Å². The van der Waals surface area contributed by atoms with Gasteiger partial charge >= 0.3 is 0 Å². The van der Waals surface area contributed by atoms with Crippen LogP contribution in [0.4, 0.5) is 11.4 Å². The highest BCUT2D eigenvalue weighted by Crippen LogP contribution is 2.31. The normalized spacial score (nSPS) is 14.2. The van der Waals surface area contributed by atoms with Crippen molar-refractivity contribution in [3.05, 3.63) is 23.8 Å². The molecule has 1 aromatic carbocycles. The Labute approximate surface area is 151 Å². The van der Waals surface area contributed by atoms with E-state index in [0.29, 0.717) is 19.0 Å². The highest BCUT2D eigenvalue weighted by molar-refractivity contribution is 5.91. The number of nitrogens with one attached hydrogen (secondary N) is 1. The number of hydrogen-bond donors (Lipinski definition) is 1. The van der Waals surface area contributed by atoms with Gasteiger partial charge in [0, 0.05) is 51.4 Å². The topological polar surface area (TPSA) is 52.7 Å². The largest absolute Gasteiger partial charge is 0.377 e. The molecule has 2 rings (SSSR count). The zero-order valence-corrected chi connectivity index (χ0v) is 16.3. The average molecular weight is 345 g/mol. The number of amides is 2. The van der Waals surface area contributed by atoms with Gasteiger partial charge in [0.25, 0.3) is 0 Å². The van der Waals surface area contributed by atoms with Crippen LogP contribution in [0.1, 0.15) is 52.5 Å². The summed E-state index contributed by atoms with van der Waals surface area (Å²) in [5.74, 6) is 0.121. The molecule has 138 valence electrons. The molecule has 0 saturated heterocycles. The second-order valence-electron chi connectivity index (χ2n) is 8.40. The smallest absolute Gasteiger partial charge is 0.224 e. The Kier molecular flexibility index (Phi) is 5.76. The molecule has 1 fully saturated rings. The molecule has 0 bridgehead atoms. The molecule has 25 heavy (non-hydrogen) atoms. The lowest BCUT2D eigenvalue weighted by molar-refractivity contribution is -0.130. The van der Waals surface area contributed by atoms with Crippen LogP contribution in [0.2, 0.25) is 0 Å². The molecular weight excluding hydrogens is 314 g/mol. The third-order valence-electron chi connectivity index (χ3n) is 4.27. The highest BCUT2D eigenvalue weighted by atomic mass is 16.2. The van der Waals surface area contributed by atoms with E-state index >= 15 is 0 Å². The van der Waals surface area contributed by atoms with Gasteiger partial charge in [-0.1, -0.05) is 20.8 Å². The van der Waals surface area contributed by atoms with Crippen molar-refractivity contribution < 1.29 is 9.59 Å². The molecule has 1 aliphatic carbocycles. The number of benzene rings is 1. The fourth-order valence-corrected chi connectivity index (χ4v) is 2.98. The fourth-order valence-electron chi connectivity index (χ4n) is 2.98. The van der Waals surface area contributed by atoms with Gasteiger partial charge in [-0.2, -0.15) is 0 Å². The van der Waals surface area contributed by atoms with E-state index in [2.05, 4.69) is 5.32 Å². The minimum Gasteiger partial charge on any atom is -0.377 e. The Hall–Kier alpha value is -2.04. The van der Waals surface area contributed by atoms with Gasteiger partial charge in [0.15, 0.2) is 0 Å². The van der Waals surface area contributed by atoms with Gasteiger partial charge in [0.2, 0.25) is 11.8 Å². The first-order chi connectivity index (χ1) is 11.6. The molecule has 1 aliphatic rings. The third-order valence-corrected chi connectivity index (χ3v) is 4.27. The van der Waals surface area contributed by atoms with E-state index in [0.717, 1.165) is 29.8 Å². The van der Waals surface area contributed by atoms with Crippen molar-refractivity contribution in [2.24, 2.45) is 5.41 Å². The Bertz CT molecular complexity index is 643. The number of carbonyl (C=O) groups is 2. The van der Waals surface area contributed by atoms with Gasteiger partial charge < -0.3 is 15.1 Å². The first kappa shape index (κ1) is 19.3. The molecule has 1 aromatic rings. The summed E-state index contributed by atoms with van der Waals surface area (Å²) in [4.78, 5) is 28.2. The van der Waals surface area contributed by atoms with Gasteiger partial charge in [-0.3, -0.25) is 9.59 Å². The maximum atomic E-state index is 12.2. The first-order valence-electron chi connectivity index (χ1n) is 8.94. The molecule has 0 radical (unpaired) electrons. The van der Waals surface area contributed by atoms with E-state index in [-0.39, 0.29) is 17.2 Å².